The van der Waals surface area contributed by atoms with Crippen LogP contribution >= 0.6 is 23.2 Å². The van der Waals surface area contributed by atoms with Crippen molar-refractivity contribution in [2.75, 3.05) is 5.32 Å². The molecule has 0 saturated heterocycles. The minimum absolute atomic E-state index is 0.277. The zero-order valence-electron chi connectivity index (χ0n) is 12.7. The second kappa shape index (κ2) is 7.99. The molecule has 0 aliphatic heterocycles. The number of nitrogens with one attached hydrogen (secondary N) is 1. The Morgan fingerprint density at radius 2 is 1.88 bits per heavy atom. The van der Waals surface area contributed by atoms with Crippen molar-refractivity contribution in [3.63, 3.8) is 0 Å². The highest BCUT2D eigenvalue weighted by molar-refractivity contribution is 6.35. The summed E-state index contributed by atoms with van der Waals surface area (Å²) in [5.74, 6) is -1.24. The minimum atomic E-state index is -1.05. The van der Waals surface area contributed by atoms with E-state index in [0.717, 1.165) is 0 Å². The molecule has 24 heavy (non-hydrogen) atoms. The number of anilines is 1. The van der Waals surface area contributed by atoms with Crippen molar-refractivity contribution in [1.82, 2.24) is 4.57 Å². The standard InChI is InChI=1S/C16H14Cl2N2O4/c1-10(16(23)19-13-7-11(17)6-12(18)8-13)24-15(22)9-20-5-3-2-4-14(20)21/h2-8,10H,9H2,1H3,(H,19,23)/t10-/m0/s1. The van der Waals surface area contributed by atoms with Gasteiger partial charge in [0.15, 0.2) is 6.10 Å². The zero-order valence-corrected chi connectivity index (χ0v) is 14.2. The molecule has 0 bridgehead atoms. The number of hydrogen-bond donors (Lipinski definition) is 1. The van der Waals surface area contributed by atoms with Gasteiger partial charge in [0.05, 0.1) is 0 Å². The van der Waals surface area contributed by atoms with E-state index < -0.39 is 18.0 Å². The molecule has 126 valence electrons. The van der Waals surface area contributed by atoms with Gasteiger partial charge in [-0.2, -0.15) is 0 Å². The summed E-state index contributed by atoms with van der Waals surface area (Å²) in [6, 6.07) is 9.07. The van der Waals surface area contributed by atoms with E-state index in [1.165, 1.54) is 42.0 Å². The third kappa shape index (κ3) is 5.11. The van der Waals surface area contributed by atoms with Crippen molar-refractivity contribution >= 4 is 40.8 Å². The third-order valence-corrected chi connectivity index (χ3v) is 3.44. The van der Waals surface area contributed by atoms with Gasteiger partial charge in [-0.25, -0.2) is 0 Å². The molecule has 1 amide bonds. The van der Waals surface area contributed by atoms with E-state index in [1.54, 1.807) is 12.1 Å². The van der Waals surface area contributed by atoms with Crippen molar-refractivity contribution in [3.05, 3.63) is 63.0 Å². The molecule has 2 rings (SSSR count). The Morgan fingerprint density at radius 1 is 1.21 bits per heavy atom. The number of ether oxygens (including phenoxy) is 1. The van der Waals surface area contributed by atoms with Gasteiger partial charge in [0.1, 0.15) is 6.54 Å². The summed E-state index contributed by atoms with van der Waals surface area (Å²) in [4.78, 5) is 35.4. The molecule has 0 spiro atoms. The van der Waals surface area contributed by atoms with Crippen molar-refractivity contribution < 1.29 is 14.3 Å². The Bertz CT molecular complexity index is 799. The van der Waals surface area contributed by atoms with E-state index in [9.17, 15) is 14.4 Å². The molecule has 0 radical (unpaired) electrons. The summed E-state index contributed by atoms with van der Waals surface area (Å²) in [7, 11) is 0. The lowest BCUT2D eigenvalue weighted by Gasteiger charge is -2.14. The smallest absolute Gasteiger partial charge is 0.326 e. The maximum absolute atomic E-state index is 12.0. The normalized spacial score (nSPS) is 11.6. The number of benzene rings is 1. The van der Waals surface area contributed by atoms with Gasteiger partial charge < -0.3 is 14.6 Å². The number of hydrogen-bond acceptors (Lipinski definition) is 4. The number of amides is 1. The number of carbonyl (C=O) groups is 2. The number of rotatable bonds is 5. The fraction of sp³-hybridized carbons (Fsp3) is 0.188. The van der Waals surface area contributed by atoms with Crippen LogP contribution in [0, 0.1) is 0 Å². The van der Waals surface area contributed by atoms with Crippen LogP contribution in [-0.2, 0) is 20.9 Å². The predicted octanol–water partition coefficient (Wildman–Crippen LogP) is 2.73. The van der Waals surface area contributed by atoms with Gasteiger partial charge in [0.25, 0.3) is 11.5 Å². The lowest BCUT2D eigenvalue weighted by molar-refractivity contribution is -0.153. The summed E-state index contributed by atoms with van der Waals surface area (Å²) in [5, 5.41) is 3.28. The van der Waals surface area contributed by atoms with Crippen LogP contribution in [0.15, 0.2) is 47.4 Å². The molecule has 1 N–H and O–H groups in total. The molecule has 0 aliphatic rings. The highest BCUT2D eigenvalue weighted by atomic mass is 35.5. The molecular formula is C16H14Cl2N2O4. The van der Waals surface area contributed by atoms with Crippen LogP contribution in [0.25, 0.3) is 0 Å². The molecule has 6 nitrogen and oxygen atoms in total. The molecule has 8 heteroatoms. The van der Waals surface area contributed by atoms with Gasteiger partial charge in [-0.05, 0) is 31.2 Å². The van der Waals surface area contributed by atoms with Crippen LogP contribution in [0.4, 0.5) is 5.69 Å². The van der Waals surface area contributed by atoms with Gasteiger partial charge in [0.2, 0.25) is 0 Å². The van der Waals surface area contributed by atoms with E-state index in [4.69, 9.17) is 27.9 Å². The lowest BCUT2D eigenvalue weighted by Crippen LogP contribution is -2.32. The van der Waals surface area contributed by atoms with E-state index in [0.29, 0.717) is 15.7 Å². The number of halogens is 2. The van der Waals surface area contributed by atoms with E-state index in [1.807, 2.05) is 0 Å². The SMILES string of the molecule is C[C@H](OC(=O)Cn1ccccc1=O)C(=O)Nc1cc(Cl)cc(Cl)c1. The number of pyridine rings is 1. The largest absolute Gasteiger partial charge is 0.451 e. The molecule has 2 aromatic rings. The topological polar surface area (TPSA) is 77.4 Å². The Hall–Kier alpha value is -2.31. The number of nitrogens with zero attached hydrogens (tertiary/aromatic N) is 1. The molecular weight excluding hydrogens is 355 g/mol. The first-order chi connectivity index (χ1) is 11.3. The fourth-order valence-corrected chi connectivity index (χ4v) is 2.41. The first kappa shape index (κ1) is 18.0. The van der Waals surface area contributed by atoms with Gasteiger partial charge in [-0.1, -0.05) is 29.3 Å². The average Bonchev–Trinajstić information content (AvgIpc) is 2.48. The number of carbonyl (C=O) groups excluding carboxylic acids is 2. The van der Waals surface area contributed by atoms with E-state index >= 15 is 0 Å². The highest BCUT2D eigenvalue weighted by Gasteiger charge is 2.18. The lowest BCUT2D eigenvalue weighted by atomic mass is 10.3. The van der Waals surface area contributed by atoms with Crippen LogP contribution in [0.3, 0.4) is 0 Å². The van der Waals surface area contributed by atoms with Gasteiger partial charge in [-0.3, -0.25) is 14.4 Å². The number of aromatic nitrogens is 1. The Labute approximate surface area is 147 Å². The second-order valence-corrected chi connectivity index (χ2v) is 5.82. The first-order valence-electron chi connectivity index (χ1n) is 6.97. The van der Waals surface area contributed by atoms with E-state index in [-0.39, 0.29) is 12.1 Å². The van der Waals surface area contributed by atoms with Crippen LogP contribution in [0.5, 0.6) is 0 Å². The fourth-order valence-electron chi connectivity index (χ4n) is 1.89. The molecule has 0 saturated carbocycles. The van der Waals surface area contributed by atoms with Crippen molar-refractivity contribution in [1.29, 1.82) is 0 Å². The predicted molar refractivity (Wildman–Crippen MR) is 91.3 cm³/mol. The summed E-state index contributed by atoms with van der Waals surface area (Å²) in [6.45, 7) is 1.15. The Kier molecular flexibility index (Phi) is 6.00. The average molecular weight is 369 g/mol. The number of esters is 1. The summed E-state index contributed by atoms with van der Waals surface area (Å²) >= 11 is 11.7. The first-order valence-corrected chi connectivity index (χ1v) is 7.72. The van der Waals surface area contributed by atoms with E-state index in [2.05, 4.69) is 5.32 Å². The molecule has 1 heterocycles. The minimum Gasteiger partial charge on any atom is -0.451 e. The Balaban J connectivity index is 1.94. The van der Waals surface area contributed by atoms with Crippen LogP contribution < -0.4 is 10.9 Å². The van der Waals surface area contributed by atoms with Crippen molar-refractivity contribution in [3.8, 4) is 0 Å². The molecule has 1 aromatic carbocycles. The molecule has 1 aromatic heterocycles. The van der Waals surface area contributed by atoms with Gasteiger partial charge in [0, 0.05) is 28.0 Å². The Morgan fingerprint density at radius 3 is 2.50 bits per heavy atom. The van der Waals surface area contributed by atoms with Crippen molar-refractivity contribution in [2.24, 2.45) is 0 Å². The second-order valence-electron chi connectivity index (χ2n) is 4.95. The van der Waals surface area contributed by atoms with Crippen molar-refractivity contribution in [2.45, 2.75) is 19.6 Å². The quantitative estimate of drug-likeness (QED) is 0.823. The van der Waals surface area contributed by atoms with Crippen LogP contribution in [-0.4, -0.2) is 22.5 Å². The van der Waals surface area contributed by atoms with Gasteiger partial charge >= 0.3 is 5.97 Å². The summed E-state index contributed by atoms with van der Waals surface area (Å²) in [6.07, 6.45) is 0.414. The van der Waals surface area contributed by atoms with Crippen LogP contribution in [0.1, 0.15) is 6.92 Å². The zero-order chi connectivity index (χ0) is 17.7. The van der Waals surface area contributed by atoms with Crippen LogP contribution in [0.2, 0.25) is 10.0 Å². The monoisotopic (exact) mass is 368 g/mol. The maximum atomic E-state index is 12.0. The maximum Gasteiger partial charge on any atom is 0.326 e. The third-order valence-electron chi connectivity index (χ3n) is 3.01. The molecule has 0 fully saturated rings. The highest BCUT2D eigenvalue weighted by Crippen LogP contribution is 2.22. The summed E-state index contributed by atoms with van der Waals surface area (Å²) in [5.41, 5.74) is 0.0554. The summed E-state index contributed by atoms with van der Waals surface area (Å²) < 4.78 is 6.21. The molecule has 0 aliphatic carbocycles. The van der Waals surface area contributed by atoms with Gasteiger partial charge in [-0.15, -0.1) is 0 Å². The molecule has 1 atom stereocenters. The molecule has 0 unspecified atom stereocenters.